The lowest BCUT2D eigenvalue weighted by Crippen LogP contribution is -2.15. The van der Waals surface area contributed by atoms with Crippen molar-refractivity contribution in [2.24, 2.45) is 5.92 Å². The van der Waals surface area contributed by atoms with Crippen LogP contribution in [-0.4, -0.2) is 6.17 Å². The smallest absolute Gasteiger partial charge is 0.140 e. The largest absolute Gasteiger partial charge is 0.241 e. The van der Waals surface area contributed by atoms with Crippen LogP contribution in [0.15, 0.2) is 21.6 Å². The molecule has 0 nitrogen and oxygen atoms in total. The molecule has 0 saturated heterocycles. The fourth-order valence-electron chi connectivity index (χ4n) is 0.782. The molecule has 0 spiro atoms. The molecule has 0 fully saturated rings. The van der Waals surface area contributed by atoms with E-state index in [1.165, 1.54) is 12.2 Å². The average Bonchev–Trinajstić information content (AvgIpc) is 1.93. The Morgan fingerprint density at radius 1 is 1.50 bits per heavy atom. The minimum atomic E-state index is -1.15. The van der Waals surface area contributed by atoms with Gasteiger partial charge in [0, 0.05) is 9.50 Å². The summed E-state index contributed by atoms with van der Waals surface area (Å²) in [5.41, 5.74) is 0. The van der Waals surface area contributed by atoms with Crippen LogP contribution in [0.5, 0.6) is 0 Å². The Hall–Kier alpha value is 0.0700. The van der Waals surface area contributed by atoms with E-state index in [9.17, 15) is 8.78 Å². The molecule has 1 rings (SSSR count). The molecule has 0 aliphatic heterocycles. The first-order valence-electron chi connectivity index (χ1n) is 2.99. The monoisotopic (exact) mass is 256 g/mol. The fourth-order valence-corrected chi connectivity index (χ4v) is 1.50. The van der Waals surface area contributed by atoms with Gasteiger partial charge in [-0.1, -0.05) is 6.92 Å². The number of hydrogen-bond acceptors (Lipinski definition) is 0. The van der Waals surface area contributed by atoms with Gasteiger partial charge >= 0.3 is 0 Å². The Balaban J connectivity index is 2.86. The van der Waals surface area contributed by atoms with Crippen LogP contribution in [0.4, 0.5) is 8.78 Å². The Morgan fingerprint density at radius 2 is 2.10 bits per heavy atom. The van der Waals surface area contributed by atoms with Crippen LogP contribution in [0.3, 0.4) is 0 Å². The summed E-state index contributed by atoms with van der Waals surface area (Å²) in [6.45, 7) is 1.54. The topological polar surface area (TPSA) is 0 Å². The molecule has 0 heterocycles. The molecule has 0 aromatic rings. The van der Waals surface area contributed by atoms with Gasteiger partial charge in [-0.3, -0.25) is 0 Å². The van der Waals surface area contributed by atoms with Crippen molar-refractivity contribution >= 4 is 22.6 Å². The Labute approximate surface area is 72.1 Å². The lowest BCUT2D eigenvalue weighted by atomic mass is 10.0. The van der Waals surface area contributed by atoms with Gasteiger partial charge in [0.1, 0.15) is 12.0 Å². The molecule has 56 valence electrons. The minimum Gasteiger partial charge on any atom is -0.241 e. The summed E-state index contributed by atoms with van der Waals surface area (Å²) >= 11 is 1.88. The molecule has 0 radical (unpaired) electrons. The summed E-state index contributed by atoms with van der Waals surface area (Å²) in [7, 11) is 0. The molecule has 0 bridgehead atoms. The van der Waals surface area contributed by atoms with E-state index in [0.717, 1.165) is 0 Å². The predicted octanol–water partition coefficient (Wildman–Crippen LogP) is 3.15. The number of alkyl halides is 1. The molecule has 0 aromatic heterocycles. The van der Waals surface area contributed by atoms with E-state index in [4.69, 9.17) is 0 Å². The van der Waals surface area contributed by atoms with E-state index >= 15 is 0 Å². The van der Waals surface area contributed by atoms with Gasteiger partial charge in [0.05, 0.1) is 0 Å². The van der Waals surface area contributed by atoms with Gasteiger partial charge < -0.3 is 0 Å². The molecule has 0 aromatic carbocycles. The highest BCUT2D eigenvalue weighted by Crippen LogP contribution is 2.31. The highest BCUT2D eigenvalue weighted by atomic mass is 127. The Kier molecular flexibility index (Phi) is 2.44. The zero-order valence-electron chi connectivity index (χ0n) is 5.44. The molecule has 10 heavy (non-hydrogen) atoms. The molecule has 0 amide bonds. The lowest BCUT2D eigenvalue weighted by Gasteiger charge is -2.17. The average molecular weight is 256 g/mol. The number of rotatable bonds is 0. The van der Waals surface area contributed by atoms with Crippen LogP contribution >= 0.6 is 22.6 Å². The van der Waals surface area contributed by atoms with Gasteiger partial charge in [0.15, 0.2) is 0 Å². The van der Waals surface area contributed by atoms with E-state index in [1.54, 1.807) is 6.92 Å². The van der Waals surface area contributed by atoms with Crippen LogP contribution in [0.25, 0.3) is 0 Å². The van der Waals surface area contributed by atoms with Crippen molar-refractivity contribution in [3.63, 3.8) is 0 Å². The first-order valence-corrected chi connectivity index (χ1v) is 4.07. The normalized spacial score (nSPS) is 33.2. The number of allylic oxidation sites excluding steroid dienone is 4. The van der Waals surface area contributed by atoms with E-state index in [2.05, 4.69) is 0 Å². The SMILES string of the molecule is CC1C(F)=CC=C(I)C1F. The molecule has 1 aliphatic carbocycles. The van der Waals surface area contributed by atoms with Gasteiger partial charge in [-0.15, -0.1) is 0 Å². The third-order valence-electron chi connectivity index (χ3n) is 1.54. The molecular formula is C7H7F2I. The zero-order valence-corrected chi connectivity index (χ0v) is 7.60. The van der Waals surface area contributed by atoms with Crippen LogP contribution in [0.2, 0.25) is 0 Å². The standard InChI is InChI=1S/C7H7F2I/c1-4-5(8)2-3-6(10)7(4)9/h2-4,7H,1H3. The van der Waals surface area contributed by atoms with Crippen molar-refractivity contribution in [3.8, 4) is 0 Å². The van der Waals surface area contributed by atoms with Crippen LogP contribution < -0.4 is 0 Å². The zero-order chi connectivity index (χ0) is 7.72. The molecule has 3 heteroatoms. The van der Waals surface area contributed by atoms with Crippen molar-refractivity contribution in [3.05, 3.63) is 21.6 Å². The summed E-state index contributed by atoms with van der Waals surface area (Å²) in [6.07, 6.45) is 1.65. The van der Waals surface area contributed by atoms with Crippen molar-refractivity contribution in [2.45, 2.75) is 13.1 Å². The van der Waals surface area contributed by atoms with Crippen LogP contribution in [-0.2, 0) is 0 Å². The van der Waals surface area contributed by atoms with Crippen LogP contribution in [0, 0.1) is 5.92 Å². The van der Waals surface area contributed by atoms with Crippen molar-refractivity contribution in [1.29, 1.82) is 0 Å². The highest BCUT2D eigenvalue weighted by molar-refractivity contribution is 14.1. The van der Waals surface area contributed by atoms with Gasteiger partial charge in [0.2, 0.25) is 0 Å². The first-order chi connectivity index (χ1) is 4.63. The predicted molar refractivity (Wildman–Crippen MR) is 45.4 cm³/mol. The molecule has 2 atom stereocenters. The molecule has 2 unspecified atom stereocenters. The van der Waals surface area contributed by atoms with Gasteiger partial charge in [-0.2, -0.15) is 0 Å². The summed E-state index contributed by atoms with van der Waals surface area (Å²) in [5, 5.41) is 0. The molecule has 0 N–H and O–H groups in total. The van der Waals surface area contributed by atoms with Crippen molar-refractivity contribution < 1.29 is 8.78 Å². The molecule has 0 saturated carbocycles. The lowest BCUT2D eigenvalue weighted by molar-refractivity contribution is 0.289. The van der Waals surface area contributed by atoms with Crippen molar-refractivity contribution in [1.82, 2.24) is 0 Å². The number of hydrogen-bond donors (Lipinski definition) is 0. The van der Waals surface area contributed by atoms with Gasteiger partial charge in [-0.05, 0) is 34.7 Å². The summed E-state index contributed by atoms with van der Waals surface area (Å²) < 4.78 is 26.0. The third-order valence-corrected chi connectivity index (χ3v) is 2.49. The highest BCUT2D eigenvalue weighted by Gasteiger charge is 2.25. The maximum Gasteiger partial charge on any atom is 0.140 e. The summed E-state index contributed by atoms with van der Waals surface area (Å²) in [5.74, 6) is -0.968. The maximum absolute atomic E-state index is 12.9. The second-order valence-electron chi connectivity index (χ2n) is 2.29. The third kappa shape index (κ3) is 1.38. The van der Waals surface area contributed by atoms with E-state index in [0.29, 0.717) is 3.58 Å². The minimum absolute atomic E-state index is 0.368. The first kappa shape index (κ1) is 8.17. The summed E-state index contributed by atoms with van der Waals surface area (Å²) in [6, 6.07) is 0. The Morgan fingerprint density at radius 3 is 2.60 bits per heavy atom. The van der Waals surface area contributed by atoms with E-state index in [-0.39, 0.29) is 5.83 Å². The van der Waals surface area contributed by atoms with E-state index < -0.39 is 12.1 Å². The molecule has 1 aliphatic rings. The summed E-state index contributed by atoms with van der Waals surface area (Å²) in [4.78, 5) is 0. The Bertz CT molecular complexity index is 174. The fraction of sp³-hybridized carbons (Fsp3) is 0.429. The second kappa shape index (κ2) is 2.98. The molecular weight excluding hydrogens is 249 g/mol. The van der Waals surface area contributed by atoms with Crippen molar-refractivity contribution in [2.75, 3.05) is 0 Å². The second-order valence-corrected chi connectivity index (χ2v) is 3.54. The van der Waals surface area contributed by atoms with Crippen LogP contribution in [0.1, 0.15) is 6.92 Å². The number of halogens is 3. The quantitative estimate of drug-likeness (QED) is 0.584. The van der Waals surface area contributed by atoms with Gasteiger partial charge in [0.25, 0.3) is 0 Å². The van der Waals surface area contributed by atoms with Gasteiger partial charge in [-0.25, -0.2) is 8.78 Å². The maximum atomic E-state index is 12.9. The van der Waals surface area contributed by atoms with E-state index in [1.807, 2.05) is 22.6 Å².